The van der Waals surface area contributed by atoms with E-state index in [1.807, 2.05) is 0 Å². The van der Waals surface area contributed by atoms with Gasteiger partial charge < -0.3 is 10.1 Å². The van der Waals surface area contributed by atoms with E-state index in [0.717, 1.165) is 32.1 Å². The molecule has 0 aromatic rings. The zero-order valence-corrected chi connectivity index (χ0v) is 13.1. The van der Waals surface area contributed by atoms with Gasteiger partial charge in [0.1, 0.15) is 0 Å². The van der Waals surface area contributed by atoms with Crippen molar-refractivity contribution in [3.05, 3.63) is 0 Å². The van der Waals surface area contributed by atoms with E-state index in [4.69, 9.17) is 4.74 Å². The monoisotopic (exact) mass is 297 g/mol. The van der Waals surface area contributed by atoms with Crippen molar-refractivity contribution in [2.75, 3.05) is 13.2 Å². The van der Waals surface area contributed by atoms with Crippen LogP contribution in [0.4, 0.5) is 4.79 Å². The second-order valence-corrected chi connectivity index (χ2v) is 5.94. The summed E-state index contributed by atoms with van der Waals surface area (Å²) in [6, 6.07) is -0.150. The molecule has 0 aromatic heterocycles. The van der Waals surface area contributed by atoms with Gasteiger partial charge in [0.2, 0.25) is 5.91 Å². The summed E-state index contributed by atoms with van der Waals surface area (Å²) in [5.41, 5.74) is 2.64. The molecule has 2 N–H and O–H groups in total. The van der Waals surface area contributed by atoms with Gasteiger partial charge in [0.05, 0.1) is 6.10 Å². The van der Waals surface area contributed by atoms with Gasteiger partial charge in [-0.1, -0.05) is 26.7 Å². The van der Waals surface area contributed by atoms with Crippen LogP contribution in [0.15, 0.2) is 0 Å². The van der Waals surface area contributed by atoms with Gasteiger partial charge in [-0.2, -0.15) is 0 Å². The van der Waals surface area contributed by atoms with Crippen molar-refractivity contribution in [3.8, 4) is 0 Å². The van der Waals surface area contributed by atoms with Crippen LogP contribution in [-0.2, 0) is 9.53 Å². The van der Waals surface area contributed by atoms with Crippen molar-refractivity contribution in [3.63, 3.8) is 0 Å². The highest BCUT2D eigenvalue weighted by molar-refractivity contribution is 5.82. The minimum absolute atomic E-state index is 0.00738. The minimum atomic E-state index is -0.277. The van der Waals surface area contributed by atoms with Crippen molar-refractivity contribution in [2.45, 2.75) is 64.5 Å². The Morgan fingerprint density at radius 2 is 2.19 bits per heavy atom. The molecular weight excluding hydrogens is 270 g/mol. The van der Waals surface area contributed by atoms with Gasteiger partial charge >= 0.3 is 6.03 Å². The second kappa shape index (κ2) is 7.64. The Morgan fingerprint density at radius 1 is 1.43 bits per heavy atom. The molecular formula is C15H27N3O3. The molecule has 2 saturated heterocycles. The molecule has 0 aromatic carbocycles. The van der Waals surface area contributed by atoms with Crippen LogP contribution in [0.3, 0.4) is 0 Å². The van der Waals surface area contributed by atoms with Gasteiger partial charge in [-0.15, -0.1) is 0 Å². The third kappa shape index (κ3) is 4.33. The molecule has 21 heavy (non-hydrogen) atoms. The molecule has 2 rings (SSSR count). The maximum absolute atomic E-state index is 12.0. The first-order valence-corrected chi connectivity index (χ1v) is 8.13. The van der Waals surface area contributed by atoms with Gasteiger partial charge in [0.15, 0.2) is 0 Å². The van der Waals surface area contributed by atoms with E-state index in [9.17, 15) is 9.59 Å². The number of hydrogen-bond acceptors (Lipinski definition) is 3. The van der Waals surface area contributed by atoms with Crippen LogP contribution in [0, 0.1) is 5.92 Å². The summed E-state index contributed by atoms with van der Waals surface area (Å²) in [6.45, 7) is 5.66. The van der Waals surface area contributed by atoms with Crippen LogP contribution in [0.25, 0.3) is 0 Å². The second-order valence-electron chi connectivity index (χ2n) is 5.94. The smallest absolute Gasteiger partial charge is 0.333 e. The molecule has 0 bridgehead atoms. The van der Waals surface area contributed by atoms with Crippen molar-refractivity contribution < 1.29 is 14.3 Å². The molecule has 2 aliphatic heterocycles. The molecule has 0 aliphatic carbocycles. The lowest BCUT2D eigenvalue weighted by Crippen LogP contribution is -2.52. The summed E-state index contributed by atoms with van der Waals surface area (Å²) in [4.78, 5) is 23.5. The average Bonchev–Trinajstić information content (AvgIpc) is 2.86. The Morgan fingerprint density at radius 3 is 2.81 bits per heavy atom. The van der Waals surface area contributed by atoms with E-state index in [-0.39, 0.29) is 24.1 Å². The van der Waals surface area contributed by atoms with E-state index < -0.39 is 0 Å². The van der Waals surface area contributed by atoms with Gasteiger partial charge in [0, 0.05) is 25.6 Å². The molecule has 2 heterocycles. The molecule has 2 aliphatic rings. The number of hydrazine groups is 1. The molecule has 3 amide bonds. The first kappa shape index (κ1) is 16.1. The van der Waals surface area contributed by atoms with Gasteiger partial charge in [0.25, 0.3) is 0 Å². The fourth-order valence-corrected chi connectivity index (χ4v) is 3.21. The van der Waals surface area contributed by atoms with E-state index in [1.54, 1.807) is 0 Å². The van der Waals surface area contributed by atoms with Gasteiger partial charge in [-0.3, -0.25) is 9.80 Å². The molecule has 6 heteroatoms. The maximum Gasteiger partial charge on any atom is 0.333 e. The highest BCUT2D eigenvalue weighted by atomic mass is 16.5. The number of urea groups is 1. The number of amides is 3. The fraction of sp³-hybridized carbons (Fsp3) is 0.867. The van der Waals surface area contributed by atoms with E-state index in [1.165, 1.54) is 5.01 Å². The van der Waals surface area contributed by atoms with Gasteiger partial charge in [-0.25, -0.2) is 10.2 Å². The normalized spacial score (nSPS) is 26.2. The summed E-state index contributed by atoms with van der Waals surface area (Å²) in [5.74, 6) is 0.546. The zero-order valence-electron chi connectivity index (χ0n) is 13.1. The number of nitrogens with zero attached hydrogens (tertiary/aromatic N) is 1. The summed E-state index contributed by atoms with van der Waals surface area (Å²) in [7, 11) is 0. The first-order chi connectivity index (χ1) is 10.1. The zero-order chi connectivity index (χ0) is 15.2. The first-order valence-electron chi connectivity index (χ1n) is 8.13. The Bertz CT molecular complexity index is 371. The van der Waals surface area contributed by atoms with E-state index in [0.29, 0.717) is 25.5 Å². The summed E-state index contributed by atoms with van der Waals surface area (Å²) in [6.07, 6.45) is 5.45. The van der Waals surface area contributed by atoms with Crippen LogP contribution in [0.5, 0.6) is 0 Å². The molecule has 2 fully saturated rings. The van der Waals surface area contributed by atoms with E-state index >= 15 is 0 Å². The lowest BCUT2D eigenvalue weighted by Gasteiger charge is -2.34. The van der Waals surface area contributed by atoms with Crippen molar-refractivity contribution in [2.24, 2.45) is 5.92 Å². The number of rotatable bonds is 5. The topological polar surface area (TPSA) is 70.7 Å². The number of hydrogen-bond donors (Lipinski definition) is 2. The highest BCUT2D eigenvalue weighted by Gasteiger charge is 2.29. The lowest BCUT2D eigenvalue weighted by atomic mass is 9.89. The highest BCUT2D eigenvalue weighted by Crippen LogP contribution is 2.25. The number of carbonyl (C=O) groups excluding carboxylic acids is 2. The van der Waals surface area contributed by atoms with Crippen molar-refractivity contribution in [1.82, 2.24) is 15.8 Å². The molecule has 2 unspecified atom stereocenters. The molecule has 120 valence electrons. The molecule has 6 nitrogen and oxygen atoms in total. The summed E-state index contributed by atoms with van der Waals surface area (Å²) in [5, 5.41) is 4.39. The fourth-order valence-electron chi connectivity index (χ4n) is 3.21. The Balaban J connectivity index is 1.79. The number of ether oxygens (including phenoxy) is 1. The number of carbonyl (C=O) groups is 2. The third-order valence-electron chi connectivity index (χ3n) is 4.53. The summed E-state index contributed by atoms with van der Waals surface area (Å²) < 4.78 is 5.85. The predicted octanol–water partition coefficient (Wildman–Crippen LogP) is 1.81. The summed E-state index contributed by atoms with van der Waals surface area (Å²) >= 11 is 0. The van der Waals surface area contributed by atoms with Gasteiger partial charge in [-0.05, 0) is 25.2 Å². The SMILES string of the molecule is CCC(CC)C1CC(NC(=O)NN2CCCC2=O)CCO1. The average molecular weight is 297 g/mol. The maximum atomic E-state index is 12.0. The Hall–Kier alpha value is -1.30. The molecule has 0 spiro atoms. The van der Waals surface area contributed by atoms with Crippen LogP contribution < -0.4 is 10.7 Å². The van der Waals surface area contributed by atoms with Crippen molar-refractivity contribution in [1.29, 1.82) is 0 Å². The van der Waals surface area contributed by atoms with Crippen LogP contribution in [0.2, 0.25) is 0 Å². The Labute approximate surface area is 126 Å². The van der Waals surface area contributed by atoms with Crippen LogP contribution >= 0.6 is 0 Å². The van der Waals surface area contributed by atoms with Crippen molar-refractivity contribution >= 4 is 11.9 Å². The standard InChI is InChI=1S/C15H27N3O3/c1-3-11(4-2)13-10-12(7-9-21-13)16-15(20)17-18-8-5-6-14(18)19/h11-13H,3-10H2,1-2H3,(H2,16,17,20). The largest absolute Gasteiger partial charge is 0.378 e. The lowest BCUT2D eigenvalue weighted by molar-refractivity contribution is -0.129. The quantitative estimate of drug-likeness (QED) is 0.813. The van der Waals surface area contributed by atoms with E-state index in [2.05, 4.69) is 24.6 Å². The molecule has 0 saturated carbocycles. The third-order valence-corrected chi connectivity index (χ3v) is 4.53. The Kier molecular flexibility index (Phi) is 5.85. The predicted molar refractivity (Wildman–Crippen MR) is 79.4 cm³/mol. The van der Waals surface area contributed by atoms with Crippen LogP contribution in [-0.4, -0.2) is 42.2 Å². The molecule has 2 atom stereocenters. The van der Waals surface area contributed by atoms with Crippen LogP contribution in [0.1, 0.15) is 52.4 Å². The minimum Gasteiger partial charge on any atom is -0.378 e. The number of nitrogens with one attached hydrogen (secondary N) is 2. The molecule has 0 radical (unpaired) electrons.